The summed E-state index contributed by atoms with van der Waals surface area (Å²) in [6, 6.07) is 16.1. The number of phenolic OH excluding ortho intramolecular Hbond substituents is 1. The van der Waals surface area contributed by atoms with Gasteiger partial charge in [0.1, 0.15) is 17.8 Å². The summed E-state index contributed by atoms with van der Waals surface area (Å²) in [5, 5.41) is 9.28. The van der Waals surface area contributed by atoms with Gasteiger partial charge in [0.05, 0.1) is 0 Å². The molecule has 0 saturated heterocycles. The van der Waals surface area contributed by atoms with Gasteiger partial charge in [0, 0.05) is 16.5 Å². The summed E-state index contributed by atoms with van der Waals surface area (Å²) < 4.78 is 59.6. The van der Waals surface area contributed by atoms with E-state index >= 15 is 0 Å². The van der Waals surface area contributed by atoms with Crippen molar-refractivity contribution in [2.45, 2.75) is 17.6 Å². The summed E-state index contributed by atoms with van der Waals surface area (Å²) in [6.07, 6.45) is 2.25. The Kier molecular flexibility index (Phi) is 5.88. The zero-order chi connectivity index (χ0) is 18.7. The second kappa shape index (κ2) is 6.71. The van der Waals surface area contributed by atoms with E-state index in [-0.39, 0.29) is 10.9 Å². The monoisotopic (exact) mass is 480 g/mol. The van der Waals surface area contributed by atoms with Gasteiger partial charge in [-0.05, 0) is 36.8 Å². The van der Waals surface area contributed by atoms with Crippen molar-refractivity contribution in [3.63, 3.8) is 0 Å². The van der Waals surface area contributed by atoms with Crippen LogP contribution in [0.2, 0.25) is 0 Å². The summed E-state index contributed by atoms with van der Waals surface area (Å²) in [6.45, 7) is 2.16. The molecule has 2 aromatic carbocycles. The number of hydrogen-bond acceptors (Lipinski definition) is 1. The van der Waals surface area contributed by atoms with Crippen molar-refractivity contribution in [3.05, 3.63) is 59.7 Å². The van der Waals surface area contributed by atoms with E-state index in [0.29, 0.717) is 5.75 Å². The summed E-state index contributed by atoms with van der Waals surface area (Å²) in [4.78, 5) is 1.30. The minimum atomic E-state index is -11.2. The van der Waals surface area contributed by atoms with E-state index in [0.717, 1.165) is 5.75 Å². The SMILES string of the molecule is Cc1ccccc1C[S+](C)c1ccc(O)cc1.[F][Sb-]([F])([F])([F])([F])[F]. The molecule has 0 saturated carbocycles. The molecule has 0 spiro atoms. The Hall–Kier alpha value is -1.01. The standard InChI is InChI=1S/C15H16OS.6FH.Sb/c1-12-5-3-4-6-13(12)11-17(2)15-9-7-14(16)8-10-15;;;;;;;/h3-10H,11H2,1-2H3;6*1H;/q;;;;;;;+5/p-5. The second-order valence-electron chi connectivity index (χ2n) is 5.16. The molecule has 9 heteroatoms. The van der Waals surface area contributed by atoms with Crippen molar-refractivity contribution in [1.29, 1.82) is 0 Å². The molecule has 136 valence electrons. The number of rotatable bonds is 3. The van der Waals surface area contributed by atoms with Crippen LogP contribution in [-0.4, -0.2) is 30.8 Å². The predicted octanol–water partition coefficient (Wildman–Crippen LogP) is 5.65. The van der Waals surface area contributed by atoms with Gasteiger partial charge < -0.3 is 5.11 Å². The normalized spacial score (nSPS) is 15.5. The molecule has 0 fully saturated rings. The molecule has 0 radical (unpaired) electrons. The number of phenols is 1. The first-order valence-electron chi connectivity index (χ1n) is 6.64. The molecular formula is C15H17F6OSSb. The van der Waals surface area contributed by atoms with Crippen molar-refractivity contribution in [2.75, 3.05) is 6.26 Å². The van der Waals surface area contributed by atoms with Gasteiger partial charge in [-0.3, -0.25) is 0 Å². The quantitative estimate of drug-likeness (QED) is 0.342. The summed E-state index contributed by atoms with van der Waals surface area (Å²) in [7, 11) is 0.186. The van der Waals surface area contributed by atoms with Crippen LogP contribution in [0.3, 0.4) is 0 Å². The Morgan fingerprint density at radius 3 is 1.79 bits per heavy atom. The molecule has 1 unspecified atom stereocenters. The van der Waals surface area contributed by atoms with Crippen molar-refractivity contribution in [1.82, 2.24) is 0 Å². The van der Waals surface area contributed by atoms with Crippen molar-refractivity contribution < 1.29 is 22.0 Å². The third-order valence-corrected chi connectivity index (χ3v) is 4.69. The first kappa shape index (κ1) is 21.0. The van der Waals surface area contributed by atoms with Crippen LogP contribution in [0.4, 0.5) is 16.9 Å². The third-order valence-electron chi connectivity index (χ3n) is 2.87. The van der Waals surface area contributed by atoms with E-state index in [1.165, 1.54) is 16.0 Å². The van der Waals surface area contributed by atoms with Gasteiger partial charge in [-0.25, -0.2) is 0 Å². The Balaban J connectivity index is 0.000000351. The third kappa shape index (κ3) is 10.7. The van der Waals surface area contributed by atoms with Crippen molar-refractivity contribution in [3.8, 4) is 5.75 Å². The van der Waals surface area contributed by atoms with Gasteiger partial charge in [0.2, 0.25) is 0 Å². The summed E-state index contributed by atoms with van der Waals surface area (Å²) in [5.41, 5.74) is 2.76. The van der Waals surface area contributed by atoms with Gasteiger partial charge in [-0.15, -0.1) is 0 Å². The zero-order valence-corrected chi connectivity index (χ0v) is 16.3. The maximum absolute atomic E-state index is 11.2. The summed E-state index contributed by atoms with van der Waals surface area (Å²) >= 11 is -11.2. The molecule has 0 bridgehead atoms. The molecule has 0 aromatic heterocycles. The number of aryl methyl sites for hydroxylation is 1. The van der Waals surface area contributed by atoms with Crippen molar-refractivity contribution in [2.24, 2.45) is 0 Å². The molecule has 0 aliphatic carbocycles. The fraction of sp³-hybridized carbons (Fsp3) is 0.200. The Bertz CT molecular complexity index is 674. The Labute approximate surface area is 141 Å². The predicted molar refractivity (Wildman–Crippen MR) is 86.9 cm³/mol. The molecule has 0 aliphatic rings. The topological polar surface area (TPSA) is 20.2 Å². The molecule has 2 aromatic rings. The first-order chi connectivity index (χ1) is 10.6. The van der Waals surface area contributed by atoms with Gasteiger partial charge in [0.15, 0.2) is 4.90 Å². The van der Waals surface area contributed by atoms with Gasteiger partial charge in [-0.2, -0.15) is 0 Å². The number of benzene rings is 2. The number of hydrogen-bond donors (Lipinski definition) is 1. The molecule has 1 nitrogen and oxygen atoms in total. The first-order valence-corrected chi connectivity index (χ1v) is 14.2. The van der Waals surface area contributed by atoms with E-state index in [4.69, 9.17) is 0 Å². The van der Waals surface area contributed by atoms with Crippen LogP contribution in [0.5, 0.6) is 5.75 Å². The number of aromatic hydroxyl groups is 1. The fourth-order valence-corrected chi connectivity index (χ4v) is 3.32. The van der Waals surface area contributed by atoms with E-state index in [9.17, 15) is 22.0 Å². The van der Waals surface area contributed by atoms with Crippen LogP contribution < -0.4 is 0 Å². The minimum absolute atomic E-state index is 0.186. The van der Waals surface area contributed by atoms with Gasteiger partial charge in [-0.1, -0.05) is 24.3 Å². The Morgan fingerprint density at radius 2 is 1.33 bits per heavy atom. The molecule has 0 aliphatic heterocycles. The average molecular weight is 481 g/mol. The van der Waals surface area contributed by atoms with E-state index in [1.807, 2.05) is 12.1 Å². The van der Waals surface area contributed by atoms with E-state index in [2.05, 4.69) is 37.4 Å². The van der Waals surface area contributed by atoms with Crippen LogP contribution in [0.25, 0.3) is 0 Å². The van der Waals surface area contributed by atoms with Crippen LogP contribution in [-0.2, 0) is 16.6 Å². The van der Waals surface area contributed by atoms with Crippen LogP contribution in [0.15, 0.2) is 53.4 Å². The second-order valence-corrected chi connectivity index (χ2v) is 12.7. The van der Waals surface area contributed by atoms with Crippen molar-refractivity contribution >= 4 is 30.4 Å². The molecule has 24 heavy (non-hydrogen) atoms. The Morgan fingerprint density at radius 1 is 0.875 bits per heavy atom. The van der Waals surface area contributed by atoms with Crippen LogP contribution in [0, 0.1) is 6.92 Å². The fourth-order valence-electron chi connectivity index (χ4n) is 1.77. The van der Waals surface area contributed by atoms with E-state index < -0.39 is 19.5 Å². The van der Waals surface area contributed by atoms with Gasteiger partial charge >= 0.3 is 36.4 Å². The van der Waals surface area contributed by atoms with Gasteiger partial charge in [0.25, 0.3) is 0 Å². The average Bonchev–Trinajstić information content (AvgIpc) is 2.38. The van der Waals surface area contributed by atoms with Crippen LogP contribution >= 0.6 is 0 Å². The van der Waals surface area contributed by atoms with E-state index in [1.54, 1.807) is 12.1 Å². The molecule has 2 rings (SSSR count). The molecule has 1 atom stereocenters. The molecule has 1 N–H and O–H groups in total. The van der Waals surface area contributed by atoms with Crippen LogP contribution in [0.1, 0.15) is 11.1 Å². The number of halogens is 6. The molecular weight excluding hydrogens is 464 g/mol. The zero-order valence-electron chi connectivity index (χ0n) is 12.9. The summed E-state index contributed by atoms with van der Waals surface area (Å²) in [5.74, 6) is 1.40. The maximum atomic E-state index is 9.93. The molecule has 0 amide bonds. The molecule has 0 heterocycles.